The summed E-state index contributed by atoms with van der Waals surface area (Å²) >= 11 is 0. The zero-order valence-corrected chi connectivity index (χ0v) is 13.0. The van der Waals surface area contributed by atoms with E-state index in [0.29, 0.717) is 0 Å². The molecule has 0 spiro atoms. The van der Waals surface area contributed by atoms with Gasteiger partial charge in [-0.2, -0.15) is 0 Å². The summed E-state index contributed by atoms with van der Waals surface area (Å²) in [5.74, 6) is 0. The van der Waals surface area contributed by atoms with E-state index in [-0.39, 0.29) is 0 Å². The minimum absolute atomic E-state index is 1.10. The first-order valence-electron chi connectivity index (χ1n) is 6.98. The standard InChI is InChI=1S/C7H18N2.C6H7N.C2H6/c1-4-9(5-2)7-6-8-3;1-6-3-2-4-7-5-6;1-2/h8H,4-7H2,1-3H3;2-5H,1H3;1-2H3. The SMILES string of the molecule is CC.CCN(CC)CCNC.Cc1cccnc1. The lowest BCUT2D eigenvalue weighted by Crippen LogP contribution is -2.30. The fourth-order valence-electron chi connectivity index (χ4n) is 1.26. The van der Waals surface area contributed by atoms with Crippen LogP contribution in [0.3, 0.4) is 0 Å². The quantitative estimate of drug-likeness (QED) is 0.874. The molecule has 106 valence electrons. The van der Waals surface area contributed by atoms with Gasteiger partial charge in [0.25, 0.3) is 0 Å². The van der Waals surface area contributed by atoms with Crippen LogP contribution >= 0.6 is 0 Å². The fourth-order valence-corrected chi connectivity index (χ4v) is 1.26. The van der Waals surface area contributed by atoms with Crippen molar-refractivity contribution in [1.82, 2.24) is 15.2 Å². The van der Waals surface area contributed by atoms with Crippen LogP contribution < -0.4 is 5.32 Å². The zero-order valence-electron chi connectivity index (χ0n) is 13.0. The number of rotatable bonds is 5. The second kappa shape index (κ2) is 16.1. The monoisotopic (exact) mass is 253 g/mol. The molecule has 1 aromatic rings. The molecule has 3 heteroatoms. The van der Waals surface area contributed by atoms with E-state index >= 15 is 0 Å². The summed E-state index contributed by atoms with van der Waals surface area (Å²) in [6.07, 6.45) is 3.60. The highest BCUT2D eigenvalue weighted by molar-refractivity contribution is 5.04. The Morgan fingerprint density at radius 2 is 1.83 bits per heavy atom. The van der Waals surface area contributed by atoms with E-state index in [2.05, 4.69) is 29.0 Å². The minimum atomic E-state index is 1.10. The van der Waals surface area contributed by atoms with Crippen molar-refractivity contribution in [2.24, 2.45) is 0 Å². The van der Waals surface area contributed by atoms with E-state index in [4.69, 9.17) is 0 Å². The van der Waals surface area contributed by atoms with Crippen LogP contribution in [0, 0.1) is 6.92 Å². The average molecular weight is 253 g/mol. The molecule has 0 aliphatic heterocycles. The van der Waals surface area contributed by atoms with Gasteiger partial charge in [-0.05, 0) is 38.7 Å². The van der Waals surface area contributed by atoms with E-state index in [1.807, 2.05) is 46.1 Å². The molecule has 1 rings (SSSR count). The Kier molecular flexibility index (Phi) is 17.3. The summed E-state index contributed by atoms with van der Waals surface area (Å²) in [5.41, 5.74) is 1.21. The molecule has 0 radical (unpaired) electrons. The van der Waals surface area contributed by atoms with Crippen molar-refractivity contribution >= 4 is 0 Å². The first kappa shape index (κ1) is 19.4. The minimum Gasteiger partial charge on any atom is -0.318 e. The first-order valence-corrected chi connectivity index (χ1v) is 6.98. The molecule has 1 heterocycles. The number of pyridine rings is 1. The predicted octanol–water partition coefficient (Wildman–Crippen LogP) is 2.96. The Labute approximate surface area is 114 Å². The van der Waals surface area contributed by atoms with Crippen molar-refractivity contribution in [3.8, 4) is 0 Å². The molecular weight excluding hydrogens is 222 g/mol. The fraction of sp³-hybridized carbons (Fsp3) is 0.667. The third-order valence-electron chi connectivity index (χ3n) is 2.38. The van der Waals surface area contributed by atoms with Crippen molar-refractivity contribution in [3.05, 3.63) is 30.1 Å². The number of nitrogens with zero attached hydrogens (tertiary/aromatic N) is 2. The van der Waals surface area contributed by atoms with Crippen LogP contribution in [-0.4, -0.2) is 43.1 Å². The molecule has 0 saturated heterocycles. The molecule has 0 bridgehead atoms. The van der Waals surface area contributed by atoms with E-state index in [9.17, 15) is 0 Å². The lowest BCUT2D eigenvalue weighted by molar-refractivity contribution is 0.305. The van der Waals surface area contributed by atoms with Crippen molar-refractivity contribution in [2.45, 2.75) is 34.6 Å². The van der Waals surface area contributed by atoms with Gasteiger partial charge in [0.1, 0.15) is 0 Å². The van der Waals surface area contributed by atoms with Gasteiger partial charge in [0.15, 0.2) is 0 Å². The van der Waals surface area contributed by atoms with Gasteiger partial charge in [0.05, 0.1) is 0 Å². The summed E-state index contributed by atoms with van der Waals surface area (Å²) in [6.45, 7) is 15.0. The van der Waals surface area contributed by atoms with Crippen LogP contribution in [0.1, 0.15) is 33.3 Å². The molecule has 0 fully saturated rings. The molecule has 0 aliphatic rings. The maximum absolute atomic E-state index is 3.88. The van der Waals surface area contributed by atoms with E-state index in [1.54, 1.807) is 6.20 Å². The number of hydrogen-bond acceptors (Lipinski definition) is 3. The van der Waals surface area contributed by atoms with Crippen LogP contribution in [0.5, 0.6) is 0 Å². The molecule has 0 atom stereocenters. The number of nitrogens with one attached hydrogen (secondary N) is 1. The van der Waals surface area contributed by atoms with Crippen molar-refractivity contribution < 1.29 is 0 Å². The van der Waals surface area contributed by atoms with Crippen LogP contribution in [0.15, 0.2) is 24.5 Å². The molecule has 3 nitrogen and oxygen atoms in total. The van der Waals surface area contributed by atoms with Gasteiger partial charge >= 0.3 is 0 Å². The van der Waals surface area contributed by atoms with Gasteiger partial charge < -0.3 is 10.2 Å². The molecule has 0 aromatic carbocycles. The summed E-state index contributed by atoms with van der Waals surface area (Å²) in [7, 11) is 1.99. The van der Waals surface area contributed by atoms with E-state index in [0.717, 1.165) is 19.6 Å². The molecule has 1 N–H and O–H groups in total. The van der Waals surface area contributed by atoms with E-state index in [1.165, 1.54) is 12.1 Å². The summed E-state index contributed by atoms with van der Waals surface area (Å²) < 4.78 is 0. The Morgan fingerprint density at radius 3 is 2.11 bits per heavy atom. The summed E-state index contributed by atoms with van der Waals surface area (Å²) in [6, 6.07) is 3.95. The van der Waals surface area contributed by atoms with Gasteiger partial charge in [-0.15, -0.1) is 0 Å². The lowest BCUT2D eigenvalue weighted by atomic mass is 10.3. The number of likely N-dealkylation sites (N-methyl/N-ethyl adjacent to an activating group) is 2. The lowest BCUT2D eigenvalue weighted by Gasteiger charge is -2.16. The topological polar surface area (TPSA) is 28.2 Å². The molecule has 1 aromatic heterocycles. The van der Waals surface area contributed by atoms with Crippen LogP contribution in [-0.2, 0) is 0 Å². The summed E-state index contributed by atoms with van der Waals surface area (Å²) in [5, 5.41) is 3.13. The maximum atomic E-state index is 3.88. The number of aryl methyl sites for hydroxylation is 1. The molecule has 0 saturated carbocycles. The predicted molar refractivity (Wildman–Crippen MR) is 82.0 cm³/mol. The van der Waals surface area contributed by atoms with Crippen molar-refractivity contribution in [3.63, 3.8) is 0 Å². The number of aromatic nitrogens is 1. The van der Waals surface area contributed by atoms with Gasteiger partial charge in [-0.25, -0.2) is 0 Å². The third kappa shape index (κ3) is 13.1. The third-order valence-corrected chi connectivity index (χ3v) is 2.38. The van der Waals surface area contributed by atoms with Crippen LogP contribution in [0.4, 0.5) is 0 Å². The molecule has 0 aliphatic carbocycles. The second-order valence-electron chi connectivity index (χ2n) is 3.66. The van der Waals surface area contributed by atoms with Gasteiger partial charge in [0, 0.05) is 25.5 Å². The number of hydrogen-bond donors (Lipinski definition) is 1. The first-order chi connectivity index (χ1) is 8.74. The highest BCUT2D eigenvalue weighted by atomic mass is 15.1. The largest absolute Gasteiger partial charge is 0.318 e. The Bertz CT molecular complexity index is 233. The van der Waals surface area contributed by atoms with Crippen LogP contribution in [0.2, 0.25) is 0 Å². The smallest absolute Gasteiger partial charge is 0.0297 e. The maximum Gasteiger partial charge on any atom is 0.0297 e. The Hall–Kier alpha value is -0.930. The Morgan fingerprint density at radius 1 is 1.22 bits per heavy atom. The highest BCUT2D eigenvalue weighted by Crippen LogP contribution is 1.88. The zero-order chi connectivity index (χ0) is 14.2. The normalized spacial score (nSPS) is 9.06. The highest BCUT2D eigenvalue weighted by Gasteiger charge is 1.94. The van der Waals surface area contributed by atoms with Crippen LogP contribution in [0.25, 0.3) is 0 Å². The molecule has 0 amide bonds. The summed E-state index contributed by atoms with van der Waals surface area (Å²) in [4.78, 5) is 6.28. The van der Waals surface area contributed by atoms with Crippen molar-refractivity contribution in [2.75, 3.05) is 33.2 Å². The van der Waals surface area contributed by atoms with E-state index < -0.39 is 0 Å². The average Bonchev–Trinajstić information content (AvgIpc) is 2.44. The second-order valence-corrected chi connectivity index (χ2v) is 3.66. The van der Waals surface area contributed by atoms with Gasteiger partial charge in [-0.3, -0.25) is 4.98 Å². The Balaban J connectivity index is 0. The molecule has 0 unspecified atom stereocenters. The van der Waals surface area contributed by atoms with Crippen molar-refractivity contribution in [1.29, 1.82) is 0 Å². The molecular formula is C15H31N3. The van der Waals surface area contributed by atoms with Gasteiger partial charge in [-0.1, -0.05) is 33.8 Å². The van der Waals surface area contributed by atoms with Gasteiger partial charge in [0.2, 0.25) is 0 Å². The molecule has 18 heavy (non-hydrogen) atoms.